The lowest BCUT2D eigenvalue weighted by Gasteiger charge is -2.28. The molecule has 154 valence electrons. The fourth-order valence-electron chi connectivity index (χ4n) is 4.13. The first-order valence-corrected chi connectivity index (χ1v) is 10.6. The standard InChI is InChI=1S/C26H29N3O/c1-19-14-20(2)16-25(15-19)28-24-9-5-8-22(17-24)26(30)27-11-13-29-12-10-21-6-3-4-7-23(21)18-29/h3-9,14-17,28H,10-13,18H2,1-2H3,(H,27,30). The number of anilines is 2. The quantitative estimate of drug-likeness (QED) is 0.624. The lowest BCUT2D eigenvalue weighted by atomic mass is 10.00. The van der Waals surface area contributed by atoms with E-state index in [4.69, 9.17) is 0 Å². The molecule has 0 spiro atoms. The average molecular weight is 400 g/mol. The van der Waals surface area contributed by atoms with Crippen LogP contribution >= 0.6 is 0 Å². The van der Waals surface area contributed by atoms with Gasteiger partial charge in [-0.25, -0.2) is 0 Å². The minimum absolute atomic E-state index is 0.0310. The van der Waals surface area contributed by atoms with E-state index in [9.17, 15) is 4.79 Å². The third-order valence-corrected chi connectivity index (χ3v) is 5.56. The second kappa shape index (κ2) is 9.14. The van der Waals surface area contributed by atoms with Gasteiger partial charge in [0.05, 0.1) is 0 Å². The summed E-state index contributed by atoms with van der Waals surface area (Å²) < 4.78 is 0. The van der Waals surface area contributed by atoms with Gasteiger partial charge in [-0.05, 0) is 72.9 Å². The minimum atomic E-state index is -0.0310. The second-order valence-electron chi connectivity index (χ2n) is 8.13. The molecule has 1 amide bonds. The van der Waals surface area contributed by atoms with Gasteiger partial charge in [0.15, 0.2) is 0 Å². The zero-order valence-corrected chi connectivity index (χ0v) is 17.7. The van der Waals surface area contributed by atoms with Crippen molar-refractivity contribution in [2.24, 2.45) is 0 Å². The molecular weight excluding hydrogens is 370 g/mol. The Kier molecular flexibility index (Phi) is 6.15. The minimum Gasteiger partial charge on any atom is -0.355 e. The molecular formula is C26H29N3O. The van der Waals surface area contributed by atoms with E-state index in [1.54, 1.807) is 0 Å². The largest absolute Gasteiger partial charge is 0.355 e. The molecule has 4 heteroatoms. The highest BCUT2D eigenvalue weighted by Crippen LogP contribution is 2.21. The summed E-state index contributed by atoms with van der Waals surface area (Å²) >= 11 is 0. The number of aryl methyl sites for hydroxylation is 2. The van der Waals surface area contributed by atoms with Crippen LogP contribution in [0, 0.1) is 13.8 Å². The zero-order chi connectivity index (χ0) is 20.9. The van der Waals surface area contributed by atoms with Gasteiger partial charge in [0, 0.05) is 43.1 Å². The molecule has 0 atom stereocenters. The van der Waals surface area contributed by atoms with Gasteiger partial charge in [-0.1, -0.05) is 36.4 Å². The number of nitrogens with one attached hydrogen (secondary N) is 2. The zero-order valence-electron chi connectivity index (χ0n) is 17.7. The third kappa shape index (κ3) is 5.08. The Morgan fingerprint density at radius 3 is 2.47 bits per heavy atom. The first-order chi connectivity index (χ1) is 14.6. The molecule has 3 aromatic rings. The normalized spacial score (nSPS) is 13.5. The van der Waals surface area contributed by atoms with Crippen LogP contribution in [0.3, 0.4) is 0 Å². The number of hydrogen-bond donors (Lipinski definition) is 2. The number of fused-ring (bicyclic) bond motifs is 1. The number of hydrogen-bond acceptors (Lipinski definition) is 3. The van der Waals surface area contributed by atoms with Gasteiger partial charge < -0.3 is 10.6 Å². The molecule has 0 fully saturated rings. The van der Waals surface area contributed by atoms with Crippen molar-refractivity contribution < 1.29 is 4.79 Å². The van der Waals surface area contributed by atoms with Crippen LogP contribution in [0.25, 0.3) is 0 Å². The molecule has 30 heavy (non-hydrogen) atoms. The Morgan fingerprint density at radius 1 is 0.900 bits per heavy atom. The number of amides is 1. The summed E-state index contributed by atoms with van der Waals surface area (Å²) in [6.07, 6.45) is 1.08. The molecule has 2 N–H and O–H groups in total. The molecule has 0 bridgehead atoms. The number of carbonyl (C=O) groups excluding carboxylic acids is 1. The van der Waals surface area contributed by atoms with Crippen LogP contribution in [0.5, 0.6) is 0 Å². The Balaban J connectivity index is 1.31. The van der Waals surface area contributed by atoms with E-state index in [2.05, 4.69) is 71.8 Å². The van der Waals surface area contributed by atoms with Crippen LogP contribution in [0.2, 0.25) is 0 Å². The van der Waals surface area contributed by atoms with Crippen LogP contribution < -0.4 is 10.6 Å². The van der Waals surface area contributed by atoms with Gasteiger partial charge in [0.2, 0.25) is 0 Å². The number of carbonyl (C=O) groups is 1. The third-order valence-electron chi connectivity index (χ3n) is 5.56. The molecule has 1 heterocycles. The maximum Gasteiger partial charge on any atom is 0.251 e. The van der Waals surface area contributed by atoms with E-state index < -0.39 is 0 Å². The van der Waals surface area contributed by atoms with Gasteiger partial charge >= 0.3 is 0 Å². The van der Waals surface area contributed by atoms with Gasteiger partial charge in [-0.15, -0.1) is 0 Å². The first-order valence-electron chi connectivity index (χ1n) is 10.6. The van der Waals surface area contributed by atoms with Gasteiger partial charge in [0.1, 0.15) is 0 Å². The van der Waals surface area contributed by atoms with Crippen molar-refractivity contribution in [3.8, 4) is 0 Å². The van der Waals surface area contributed by atoms with Crippen molar-refractivity contribution in [3.05, 3.63) is 94.5 Å². The van der Waals surface area contributed by atoms with Crippen molar-refractivity contribution in [1.29, 1.82) is 0 Å². The monoisotopic (exact) mass is 399 g/mol. The summed E-state index contributed by atoms with van der Waals surface area (Å²) in [6.45, 7) is 7.69. The Labute approximate surface area is 178 Å². The Hall–Kier alpha value is -3.11. The molecule has 4 nitrogen and oxygen atoms in total. The highest BCUT2D eigenvalue weighted by molar-refractivity contribution is 5.95. The van der Waals surface area contributed by atoms with E-state index in [0.29, 0.717) is 12.1 Å². The maximum atomic E-state index is 12.6. The van der Waals surface area contributed by atoms with Gasteiger partial charge in [0.25, 0.3) is 5.91 Å². The number of nitrogens with zero attached hydrogens (tertiary/aromatic N) is 1. The fourth-order valence-corrected chi connectivity index (χ4v) is 4.13. The van der Waals surface area contributed by atoms with E-state index in [-0.39, 0.29) is 5.91 Å². The topological polar surface area (TPSA) is 44.4 Å². The van der Waals surface area contributed by atoms with Gasteiger partial charge in [-0.3, -0.25) is 9.69 Å². The lowest BCUT2D eigenvalue weighted by Crippen LogP contribution is -2.37. The average Bonchev–Trinajstić information content (AvgIpc) is 2.73. The highest BCUT2D eigenvalue weighted by atomic mass is 16.1. The molecule has 0 aliphatic carbocycles. The predicted octanol–water partition coefficient (Wildman–Crippen LogP) is 4.84. The highest BCUT2D eigenvalue weighted by Gasteiger charge is 2.15. The number of benzene rings is 3. The first kappa shape index (κ1) is 20.2. The molecule has 0 saturated carbocycles. The van der Waals surface area contributed by atoms with E-state index in [0.717, 1.165) is 37.4 Å². The smallest absolute Gasteiger partial charge is 0.251 e. The van der Waals surface area contributed by atoms with E-state index in [1.807, 2.05) is 24.3 Å². The number of rotatable bonds is 6. The predicted molar refractivity (Wildman–Crippen MR) is 123 cm³/mol. The summed E-state index contributed by atoms with van der Waals surface area (Å²) in [4.78, 5) is 15.0. The molecule has 0 saturated heterocycles. The maximum absolute atomic E-state index is 12.6. The summed E-state index contributed by atoms with van der Waals surface area (Å²) in [7, 11) is 0. The van der Waals surface area contributed by atoms with Crippen molar-refractivity contribution in [3.63, 3.8) is 0 Å². The summed E-state index contributed by atoms with van der Waals surface area (Å²) in [6, 6.07) is 22.7. The van der Waals surface area contributed by atoms with Crippen LogP contribution in [0.15, 0.2) is 66.7 Å². The summed E-state index contributed by atoms with van der Waals surface area (Å²) in [5.41, 5.74) is 7.91. The van der Waals surface area contributed by atoms with Crippen LogP contribution in [-0.4, -0.2) is 30.4 Å². The van der Waals surface area contributed by atoms with Crippen molar-refractivity contribution >= 4 is 17.3 Å². The van der Waals surface area contributed by atoms with E-state index >= 15 is 0 Å². The fraction of sp³-hybridized carbons (Fsp3) is 0.269. The molecule has 1 aliphatic heterocycles. The Morgan fingerprint density at radius 2 is 1.67 bits per heavy atom. The molecule has 3 aromatic carbocycles. The SMILES string of the molecule is Cc1cc(C)cc(Nc2cccc(C(=O)NCCN3CCc4ccccc4C3)c2)c1. The van der Waals surface area contributed by atoms with E-state index in [1.165, 1.54) is 22.3 Å². The van der Waals surface area contributed by atoms with Crippen LogP contribution in [0.1, 0.15) is 32.6 Å². The molecule has 0 aromatic heterocycles. The lowest BCUT2D eigenvalue weighted by molar-refractivity contribution is 0.0947. The van der Waals surface area contributed by atoms with Crippen molar-refractivity contribution in [2.75, 3.05) is 25.0 Å². The van der Waals surface area contributed by atoms with Crippen molar-refractivity contribution in [1.82, 2.24) is 10.2 Å². The molecule has 0 unspecified atom stereocenters. The molecule has 1 aliphatic rings. The summed E-state index contributed by atoms with van der Waals surface area (Å²) in [5.74, 6) is -0.0310. The van der Waals surface area contributed by atoms with Crippen molar-refractivity contribution in [2.45, 2.75) is 26.8 Å². The molecule has 0 radical (unpaired) electrons. The summed E-state index contributed by atoms with van der Waals surface area (Å²) in [5, 5.41) is 6.48. The van der Waals surface area contributed by atoms with Crippen LogP contribution in [0.4, 0.5) is 11.4 Å². The van der Waals surface area contributed by atoms with Crippen LogP contribution in [-0.2, 0) is 13.0 Å². The Bertz CT molecular complexity index is 1020. The van der Waals surface area contributed by atoms with Gasteiger partial charge in [-0.2, -0.15) is 0 Å². The second-order valence-corrected chi connectivity index (χ2v) is 8.13. The molecule has 4 rings (SSSR count).